The number of hydrogen-bond donors (Lipinski definition) is 2. The van der Waals surface area contributed by atoms with Crippen molar-refractivity contribution in [1.82, 2.24) is 10.2 Å². The first-order valence-electron chi connectivity index (χ1n) is 7.72. The van der Waals surface area contributed by atoms with Gasteiger partial charge in [-0.3, -0.25) is 9.69 Å². The quantitative estimate of drug-likeness (QED) is 0.665. The first-order chi connectivity index (χ1) is 10.0. The highest BCUT2D eigenvalue weighted by Crippen LogP contribution is 2.16. The Morgan fingerprint density at radius 1 is 1.38 bits per heavy atom. The van der Waals surface area contributed by atoms with Crippen LogP contribution < -0.4 is 5.32 Å². The molecule has 2 N–H and O–H groups in total. The Hall–Kier alpha value is -1.14. The molecule has 0 aromatic rings. The van der Waals surface area contributed by atoms with Crippen molar-refractivity contribution in [2.45, 2.75) is 39.2 Å². The van der Waals surface area contributed by atoms with E-state index in [1.54, 1.807) is 0 Å². The molecule has 21 heavy (non-hydrogen) atoms. The fourth-order valence-electron chi connectivity index (χ4n) is 2.55. The molecule has 1 heterocycles. The smallest absolute Gasteiger partial charge is 0.328 e. The fraction of sp³-hybridized carbons (Fsp3) is 0.867. The Morgan fingerprint density at radius 2 is 2.00 bits per heavy atom. The first-order valence-corrected chi connectivity index (χ1v) is 7.72. The molecule has 1 fully saturated rings. The molecule has 2 atom stereocenters. The summed E-state index contributed by atoms with van der Waals surface area (Å²) >= 11 is 0. The number of esters is 1. The minimum absolute atomic E-state index is 0.0431. The van der Waals surface area contributed by atoms with Gasteiger partial charge in [-0.15, -0.1) is 0 Å². The van der Waals surface area contributed by atoms with Gasteiger partial charge in [-0.2, -0.15) is 0 Å². The summed E-state index contributed by atoms with van der Waals surface area (Å²) in [6, 6.07) is -0.581. The van der Waals surface area contributed by atoms with Crippen molar-refractivity contribution < 1.29 is 19.4 Å². The van der Waals surface area contributed by atoms with Gasteiger partial charge in [0.15, 0.2) is 0 Å². The van der Waals surface area contributed by atoms with Gasteiger partial charge in [0.1, 0.15) is 6.04 Å². The van der Waals surface area contributed by atoms with E-state index in [4.69, 9.17) is 9.84 Å². The SMILES string of the molecule is CC[C@@H](C)[C@H](NC(=O)CN1CCC(CO)CC1)C(=O)OC. The summed E-state index contributed by atoms with van der Waals surface area (Å²) < 4.78 is 4.76. The van der Waals surface area contributed by atoms with E-state index < -0.39 is 12.0 Å². The number of nitrogens with one attached hydrogen (secondary N) is 1. The summed E-state index contributed by atoms with van der Waals surface area (Å²) in [5.41, 5.74) is 0. The van der Waals surface area contributed by atoms with Gasteiger partial charge in [-0.1, -0.05) is 20.3 Å². The predicted molar refractivity (Wildman–Crippen MR) is 79.7 cm³/mol. The second-order valence-electron chi connectivity index (χ2n) is 5.86. The highest BCUT2D eigenvalue weighted by molar-refractivity contribution is 5.85. The molecule has 1 aliphatic heterocycles. The van der Waals surface area contributed by atoms with Crippen LogP contribution in [-0.2, 0) is 14.3 Å². The molecule has 122 valence electrons. The maximum Gasteiger partial charge on any atom is 0.328 e. The van der Waals surface area contributed by atoms with Crippen LogP contribution in [0.4, 0.5) is 0 Å². The zero-order valence-electron chi connectivity index (χ0n) is 13.3. The summed E-state index contributed by atoms with van der Waals surface area (Å²) in [7, 11) is 1.34. The summed E-state index contributed by atoms with van der Waals surface area (Å²) in [6.45, 7) is 6.04. The molecule has 0 unspecified atom stereocenters. The highest BCUT2D eigenvalue weighted by atomic mass is 16.5. The number of amides is 1. The fourth-order valence-corrected chi connectivity index (χ4v) is 2.55. The van der Waals surface area contributed by atoms with Crippen LogP contribution in [0.5, 0.6) is 0 Å². The molecular weight excluding hydrogens is 272 g/mol. The predicted octanol–water partition coefficient (Wildman–Crippen LogP) is 0.395. The second-order valence-corrected chi connectivity index (χ2v) is 5.86. The minimum Gasteiger partial charge on any atom is -0.467 e. The van der Waals surface area contributed by atoms with Gasteiger partial charge in [0.25, 0.3) is 0 Å². The lowest BCUT2D eigenvalue weighted by atomic mass is 9.97. The lowest BCUT2D eigenvalue weighted by Gasteiger charge is -2.31. The van der Waals surface area contributed by atoms with Gasteiger partial charge in [0.2, 0.25) is 5.91 Å². The van der Waals surface area contributed by atoms with Crippen LogP contribution in [0.25, 0.3) is 0 Å². The Bertz CT molecular complexity index is 341. The Kier molecular flexibility index (Phi) is 7.67. The number of carbonyl (C=O) groups excluding carboxylic acids is 2. The zero-order chi connectivity index (χ0) is 15.8. The van der Waals surface area contributed by atoms with E-state index in [0.717, 1.165) is 32.4 Å². The van der Waals surface area contributed by atoms with Gasteiger partial charge in [0.05, 0.1) is 13.7 Å². The lowest BCUT2D eigenvalue weighted by Crippen LogP contribution is -2.50. The molecule has 0 aromatic heterocycles. The molecule has 1 amide bonds. The van der Waals surface area contributed by atoms with Gasteiger partial charge in [-0.25, -0.2) is 4.79 Å². The van der Waals surface area contributed by atoms with Crippen molar-refractivity contribution in [3.63, 3.8) is 0 Å². The van der Waals surface area contributed by atoms with E-state index >= 15 is 0 Å². The van der Waals surface area contributed by atoms with Crippen LogP contribution in [0.1, 0.15) is 33.1 Å². The van der Waals surface area contributed by atoms with Gasteiger partial charge in [-0.05, 0) is 37.8 Å². The number of piperidine rings is 1. The standard InChI is InChI=1S/C15H28N2O4/c1-4-11(2)14(15(20)21-3)16-13(19)9-17-7-5-12(10-18)6-8-17/h11-12,14,18H,4-10H2,1-3H3,(H,16,19)/t11-,14+/m1/s1. The third-order valence-electron chi connectivity index (χ3n) is 4.32. The van der Waals surface area contributed by atoms with E-state index in [1.165, 1.54) is 7.11 Å². The summed E-state index contributed by atoms with van der Waals surface area (Å²) in [6.07, 6.45) is 2.62. The average molecular weight is 300 g/mol. The maximum atomic E-state index is 12.1. The molecule has 1 rings (SSSR count). The van der Waals surface area contributed by atoms with Crippen LogP contribution in [0.15, 0.2) is 0 Å². The van der Waals surface area contributed by atoms with Crippen LogP contribution in [-0.4, -0.2) is 61.3 Å². The Labute approximate surface area is 126 Å². The van der Waals surface area contributed by atoms with Crippen molar-refractivity contribution >= 4 is 11.9 Å². The number of rotatable bonds is 7. The molecule has 1 saturated heterocycles. The number of carbonyl (C=O) groups is 2. The summed E-state index contributed by atoms with van der Waals surface area (Å²) in [5, 5.41) is 11.9. The van der Waals surface area contributed by atoms with Crippen LogP contribution in [0, 0.1) is 11.8 Å². The molecule has 1 aliphatic rings. The zero-order valence-corrected chi connectivity index (χ0v) is 13.3. The molecule has 0 aromatic carbocycles. The van der Waals surface area contributed by atoms with E-state index in [0.29, 0.717) is 12.5 Å². The number of aliphatic hydroxyl groups excluding tert-OH is 1. The molecule has 6 heteroatoms. The highest BCUT2D eigenvalue weighted by Gasteiger charge is 2.28. The van der Waals surface area contributed by atoms with Crippen LogP contribution >= 0.6 is 0 Å². The van der Waals surface area contributed by atoms with Crippen molar-refractivity contribution in [2.75, 3.05) is 33.4 Å². The summed E-state index contributed by atoms with van der Waals surface area (Å²) in [4.78, 5) is 25.9. The largest absolute Gasteiger partial charge is 0.467 e. The molecule has 6 nitrogen and oxygen atoms in total. The van der Waals surface area contributed by atoms with E-state index in [-0.39, 0.29) is 18.4 Å². The minimum atomic E-state index is -0.581. The average Bonchev–Trinajstić information content (AvgIpc) is 2.51. The molecule has 0 bridgehead atoms. The van der Waals surface area contributed by atoms with Crippen LogP contribution in [0.2, 0.25) is 0 Å². The van der Waals surface area contributed by atoms with Crippen molar-refractivity contribution in [2.24, 2.45) is 11.8 Å². The number of hydrogen-bond acceptors (Lipinski definition) is 5. The number of ether oxygens (including phenoxy) is 1. The van der Waals surface area contributed by atoms with E-state index in [1.807, 2.05) is 13.8 Å². The molecule has 0 aliphatic carbocycles. The number of aliphatic hydroxyl groups is 1. The van der Waals surface area contributed by atoms with E-state index in [9.17, 15) is 9.59 Å². The molecule has 0 radical (unpaired) electrons. The van der Waals surface area contributed by atoms with E-state index in [2.05, 4.69) is 10.2 Å². The lowest BCUT2D eigenvalue weighted by molar-refractivity contribution is -0.146. The Balaban J connectivity index is 2.45. The molecular formula is C15H28N2O4. The normalized spacial score (nSPS) is 19.8. The van der Waals surface area contributed by atoms with Gasteiger partial charge < -0.3 is 15.2 Å². The second kappa shape index (κ2) is 9.00. The van der Waals surface area contributed by atoms with Crippen molar-refractivity contribution in [3.05, 3.63) is 0 Å². The number of nitrogens with zero attached hydrogens (tertiary/aromatic N) is 1. The molecule has 0 spiro atoms. The molecule has 0 saturated carbocycles. The number of methoxy groups -OCH3 is 1. The topological polar surface area (TPSA) is 78.9 Å². The number of likely N-dealkylation sites (tertiary alicyclic amines) is 1. The maximum absolute atomic E-state index is 12.1. The third kappa shape index (κ3) is 5.63. The Morgan fingerprint density at radius 3 is 2.48 bits per heavy atom. The monoisotopic (exact) mass is 300 g/mol. The first kappa shape index (κ1) is 17.9. The van der Waals surface area contributed by atoms with Gasteiger partial charge >= 0.3 is 5.97 Å². The third-order valence-corrected chi connectivity index (χ3v) is 4.32. The van der Waals surface area contributed by atoms with Crippen molar-refractivity contribution in [1.29, 1.82) is 0 Å². The summed E-state index contributed by atoms with van der Waals surface area (Å²) in [5.74, 6) is -0.140. The van der Waals surface area contributed by atoms with Crippen LogP contribution in [0.3, 0.4) is 0 Å². The van der Waals surface area contributed by atoms with Crippen molar-refractivity contribution in [3.8, 4) is 0 Å². The van der Waals surface area contributed by atoms with Gasteiger partial charge in [0, 0.05) is 6.61 Å².